The molecule has 4 nitrogen and oxygen atoms in total. The van der Waals surface area contributed by atoms with Crippen LogP contribution in [0.25, 0.3) is 0 Å². The number of para-hydroxylation sites is 1. The highest BCUT2D eigenvalue weighted by molar-refractivity contribution is 5.94. The number of piperidine rings is 1. The first-order valence-electron chi connectivity index (χ1n) is 9.30. The maximum atomic E-state index is 12.7. The molecular formula is C20H30N2O2. The lowest BCUT2D eigenvalue weighted by Gasteiger charge is -2.31. The molecule has 2 amide bonds. The van der Waals surface area contributed by atoms with Gasteiger partial charge in [0.2, 0.25) is 11.8 Å². The van der Waals surface area contributed by atoms with E-state index >= 15 is 0 Å². The number of amides is 2. The van der Waals surface area contributed by atoms with E-state index in [1.165, 1.54) is 11.1 Å². The Hall–Kier alpha value is -1.84. The number of nitrogens with one attached hydrogen (secondary N) is 1. The molecule has 132 valence electrons. The third-order valence-electron chi connectivity index (χ3n) is 4.93. The summed E-state index contributed by atoms with van der Waals surface area (Å²) in [6.45, 7) is 7.65. The van der Waals surface area contributed by atoms with E-state index in [-0.39, 0.29) is 17.7 Å². The fraction of sp³-hybridized carbons (Fsp3) is 0.600. The molecule has 1 aromatic rings. The topological polar surface area (TPSA) is 49.4 Å². The van der Waals surface area contributed by atoms with Gasteiger partial charge in [-0.05, 0) is 43.2 Å². The van der Waals surface area contributed by atoms with E-state index in [0.29, 0.717) is 19.5 Å². The van der Waals surface area contributed by atoms with Gasteiger partial charge in [-0.1, -0.05) is 39.0 Å². The molecule has 4 heteroatoms. The average molecular weight is 330 g/mol. The van der Waals surface area contributed by atoms with Gasteiger partial charge in [0.25, 0.3) is 0 Å². The Balaban J connectivity index is 1.98. The molecule has 1 aliphatic rings. The quantitative estimate of drug-likeness (QED) is 0.863. The van der Waals surface area contributed by atoms with Crippen molar-refractivity contribution in [2.45, 2.75) is 59.3 Å². The van der Waals surface area contributed by atoms with E-state index < -0.39 is 0 Å². The summed E-state index contributed by atoms with van der Waals surface area (Å²) >= 11 is 0. The predicted octanol–water partition coefficient (Wildman–Crippen LogP) is 3.79. The fourth-order valence-electron chi connectivity index (χ4n) is 3.39. The summed E-state index contributed by atoms with van der Waals surface area (Å²) < 4.78 is 0. The van der Waals surface area contributed by atoms with Gasteiger partial charge in [-0.3, -0.25) is 9.59 Å². The Bertz CT molecular complexity index is 553. The zero-order chi connectivity index (χ0) is 17.5. The molecule has 1 saturated heterocycles. The number of aryl methyl sites for hydroxylation is 2. The smallest absolute Gasteiger partial charge is 0.227 e. The third-order valence-corrected chi connectivity index (χ3v) is 4.93. The van der Waals surface area contributed by atoms with Gasteiger partial charge in [-0.2, -0.15) is 0 Å². The lowest BCUT2D eigenvalue weighted by atomic mass is 9.94. The van der Waals surface area contributed by atoms with Crippen LogP contribution in [0.1, 0.15) is 57.6 Å². The Morgan fingerprint density at radius 3 is 2.17 bits per heavy atom. The van der Waals surface area contributed by atoms with Crippen molar-refractivity contribution < 1.29 is 9.59 Å². The molecule has 2 rings (SSSR count). The number of hydrogen-bond donors (Lipinski definition) is 1. The van der Waals surface area contributed by atoms with Gasteiger partial charge in [0.1, 0.15) is 0 Å². The number of nitrogens with zero attached hydrogens (tertiary/aromatic N) is 1. The molecule has 0 spiro atoms. The van der Waals surface area contributed by atoms with E-state index in [1.807, 2.05) is 11.8 Å². The standard InChI is InChI=1S/C20H30N2O2/c1-4-8-18(23)22-13-11-17(12-14-22)20(24)21-19-15(5-2)9-7-10-16(19)6-3/h7,9-10,17H,4-6,8,11-14H2,1-3H3,(H,21,24). The molecule has 1 fully saturated rings. The molecule has 0 bridgehead atoms. The fourth-order valence-corrected chi connectivity index (χ4v) is 3.39. The molecule has 1 N–H and O–H groups in total. The van der Waals surface area contributed by atoms with Gasteiger partial charge < -0.3 is 10.2 Å². The summed E-state index contributed by atoms with van der Waals surface area (Å²) in [5.41, 5.74) is 3.38. The number of likely N-dealkylation sites (tertiary alicyclic amines) is 1. The summed E-state index contributed by atoms with van der Waals surface area (Å²) in [4.78, 5) is 26.6. The molecule has 0 aromatic heterocycles. The molecule has 0 saturated carbocycles. The van der Waals surface area contributed by atoms with Crippen LogP contribution >= 0.6 is 0 Å². The van der Waals surface area contributed by atoms with Crippen LogP contribution in [0.5, 0.6) is 0 Å². The summed E-state index contributed by atoms with van der Waals surface area (Å²) in [6.07, 6.45) is 4.84. The molecule has 1 heterocycles. The number of benzene rings is 1. The van der Waals surface area contributed by atoms with Gasteiger partial charge in [0.15, 0.2) is 0 Å². The van der Waals surface area contributed by atoms with E-state index in [2.05, 4.69) is 37.4 Å². The Morgan fingerprint density at radius 2 is 1.67 bits per heavy atom. The van der Waals surface area contributed by atoms with Gasteiger partial charge in [0, 0.05) is 31.1 Å². The van der Waals surface area contributed by atoms with Crippen molar-refractivity contribution in [2.24, 2.45) is 5.92 Å². The van der Waals surface area contributed by atoms with Crippen molar-refractivity contribution in [2.75, 3.05) is 18.4 Å². The molecule has 24 heavy (non-hydrogen) atoms. The first kappa shape index (κ1) is 18.5. The molecule has 0 aliphatic carbocycles. The molecule has 0 radical (unpaired) electrons. The maximum absolute atomic E-state index is 12.7. The zero-order valence-electron chi connectivity index (χ0n) is 15.2. The minimum absolute atomic E-state index is 0.00490. The summed E-state index contributed by atoms with van der Waals surface area (Å²) in [7, 11) is 0. The number of anilines is 1. The summed E-state index contributed by atoms with van der Waals surface area (Å²) in [6, 6.07) is 6.23. The predicted molar refractivity (Wildman–Crippen MR) is 98.0 cm³/mol. The molecule has 1 aromatic carbocycles. The molecule has 1 aliphatic heterocycles. The van der Waals surface area contributed by atoms with Gasteiger partial charge in [-0.25, -0.2) is 0 Å². The number of hydrogen-bond acceptors (Lipinski definition) is 2. The number of rotatable bonds is 6. The summed E-state index contributed by atoms with van der Waals surface area (Å²) in [5.74, 6) is 0.333. The minimum Gasteiger partial charge on any atom is -0.343 e. The normalized spacial score (nSPS) is 15.4. The van der Waals surface area contributed by atoms with E-state index in [9.17, 15) is 9.59 Å². The monoisotopic (exact) mass is 330 g/mol. The summed E-state index contributed by atoms with van der Waals surface area (Å²) in [5, 5.41) is 3.18. The van der Waals surface area contributed by atoms with Gasteiger partial charge in [-0.15, -0.1) is 0 Å². The van der Waals surface area contributed by atoms with Crippen molar-refractivity contribution in [3.8, 4) is 0 Å². The van der Waals surface area contributed by atoms with Crippen LogP contribution in [0.15, 0.2) is 18.2 Å². The molecular weight excluding hydrogens is 300 g/mol. The van der Waals surface area contributed by atoms with E-state index in [4.69, 9.17) is 0 Å². The maximum Gasteiger partial charge on any atom is 0.227 e. The first-order chi connectivity index (χ1) is 11.6. The van der Waals surface area contributed by atoms with Gasteiger partial charge in [0.05, 0.1) is 0 Å². The Morgan fingerprint density at radius 1 is 1.08 bits per heavy atom. The Kier molecular flexibility index (Phi) is 6.83. The lowest BCUT2D eigenvalue weighted by molar-refractivity contribution is -0.134. The molecule has 0 unspecified atom stereocenters. The van der Waals surface area contributed by atoms with Crippen molar-refractivity contribution in [1.82, 2.24) is 4.90 Å². The SMILES string of the molecule is CCCC(=O)N1CCC(C(=O)Nc2c(CC)cccc2CC)CC1. The van der Waals surface area contributed by atoms with Crippen LogP contribution in [0, 0.1) is 5.92 Å². The van der Waals surface area contributed by atoms with Crippen LogP contribution in [-0.2, 0) is 22.4 Å². The molecule has 0 atom stereocenters. The van der Waals surface area contributed by atoms with Crippen LogP contribution in [0.2, 0.25) is 0 Å². The lowest BCUT2D eigenvalue weighted by Crippen LogP contribution is -2.41. The van der Waals surface area contributed by atoms with Crippen molar-refractivity contribution in [1.29, 1.82) is 0 Å². The number of carbonyl (C=O) groups excluding carboxylic acids is 2. The van der Waals surface area contributed by atoms with Crippen molar-refractivity contribution in [3.63, 3.8) is 0 Å². The van der Waals surface area contributed by atoms with Crippen molar-refractivity contribution >= 4 is 17.5 Å². The van der Waals surface area contributed by atoms with Crippen molar-refractivity contribution in [3.05, 3.63) is 29.3 Å². The van der Waals surface area contributed by atoms with Crippen LogP contribution < -0.4 is 5.32 Å². The minimum atomic E-state index is 0.00490. The number of carbonyl (C=O) groups is 2. The Labute approximate surface area is 145 Å². The second kappa shape index (κ2) is 8.86. The second-order valence-electron chi connectivity index (χ2n) is 6.55. The average Bonchev–Trinajstić information content (AvgIpc) is 2.62. The van der Waals surface area contributed by atoms with E-state index in [1.54, 1.807) is 0 Å². The zero-order valence-corrected chi connectivity index (χ0v) is 15.2. The van der Waals surface area contributed by atoms with Crippen LogP contribution in [-0.4, -0.2) is 29.8 Å². The largest absolute Gasteiger partial charge is 0.343 e. The highest BCUT2D eigenvalue weighted by atomic mass is 16.2. The van der Waals surface area contributed by atoms with E-state index in [0.717, 1.165) is 37.8 Å². The third kappa shape index (κ3) is 4.37. The second-order valence-corrected chi connectivity index (χ2v) is 6.55. The highest BCUT2D eigenvalue weighted by Gasteiger charge is 2.27. The first-order valence-corrected chi connectivity index (χ1v) is 9.30. The van der Waals surface area contributed by atoms with Crippen LogP contribution in [0.3, 0.4) is 0 Å². The highest BCUT2D eigenvalue weighted by Crippen LogP contribution is 2.25. The van der Waals surface area contributed by atoms with Gasteiger partial charge >= 0.3 is 0 Å². The van der Waals surface area contributed by atoms with Crippen LogP contribution in [0.4, 0.5) is 5.69 Å².